The van der Waals surface area contributed by atoms with E-state index in [0.717, 1.165) is 0 Å². The molecule has 0 unspecified atom stereocenters. The average Bonchev–Trinajstić information content (AvgIpc) is 2.03. The second-order valence-electron chi connectivity index (χ2n) is 1.63. The Balaban J connectivity index is 3.26. The number of rotatable bonds is 1. The van der Waals surface area contributed by atoms with Crippen LogP contribution in [0.15, 0.2) is 0 Å². The van der Waals surface area contributed by atoms with Gasteiger partial charge in [0.25, 0.3) is 6.01 Å². The number of H-pyrrole nitrogens is 1. The molecule has 0 aliphatic rings. The first kappa shape index (κ1) is 7.69. The predicted molar refractivity (Wildman–Crippen MR) is 41.7 cm³/mol. The highest BCUT2D eigenvalue weighted by atomic mass is 32.1. The van der Waals surface area contributed by atoms with Crippen LogP contribution in [0.4, 0.5) is 0 Å². The summed E-state index contributed by atoms with van der Waals surface area (Å²) in [6.45, 7) is 0. The van der Waals surface area contributed by atoms with Crippen molar-refractivity contribution in [2.75, 3.05) is 7.11 Å². The van der Waals surface area contributed by atoms with E-state index in [0.29, 0.717) is 5.82 Å². The SMILES string of the molecule is C#Cc1nc(=S)nc(OC)[nH]1. The molecule has 1 N–H and O–H groups in total. The lowest BCUT2D eigenvalue weighted by Crippen LogP contribution is -1.97. The van der Waals surface area contributed by atoms with Gasteiger partial charge in [-0.3, -0.25) is 4.98 Å². The summed E-state index contributed by atoms with van der Waals surface area (Å²) in [6, 6.07) is 0.276. The van der Waals surface area contributed by atoms with Gasteiger partial charge in [0.2, 0.25) is 4.77 Å². The molecule has 1 rings (SSSR count). The van der Waals surface area contributed by atoms with Crippen molar-refractivity contribution in [2.45, 2.75) is 0 Å². The zero-order chi connectivity index (χ0) is 8.27. The van der Waals surface area contributed by atoms with Crippen LogP contribution in [0.3, 0.4) is 0 Å². The predicted octanol–water partition coefficient (Wildman–Crippen LogP) is 0.524. The van der Waals surface area contributed by atoms with Crippen molar-refractivity contribution in [3.63, 3.8) is 0 Å². The number of hydrogen-bond acceptors (Lipinski definition) is 4. The van der Waals surface area contributed by atoms with Crippen molar-refractivity contribution in [3.05, 3.63) is 10.6 Å². The molecule has 1 heterocycles. The number of aromatic amines is 1. The lowest BCUT2D eigenvalue weighted by molar-refractivity contribution is 0.376. The minimum Gasteiger partial charge on any atom is -0.468 e. The fourth-order valence-electron chi connectivity index (χ4n) is 0.530. The molecule has 56 valence electrons. The molecule has 0 saturated carbocycles. The van der Waals surface area contributed by atoms with Crippen molar-refractivity contribution in [2.24, 2.45) is 0 Å². The fourth-order valence-corrected chi connectivity index (χ4v) is 0.704. The van der Waals surface area contributed by atoms with Crippen molar-refractivity contribution in [1.82, 2.24) is 15.0 Å². The maximum atomic E-state index is 5.07. The van der Waals surface area contributed by atoms with Gasteiger partial charge in [0.05, 0.1) is 7.11 Å². The molecule has 0 amide bonds. The third kappa shape index (κ3) is 1.75. The lowest BCUT2D eigenvalue weighted by atomic mass is 10.6. The van der Waals surface area contributed by atoms with E-state index in [2.05, 4.69) is 20.9 Å². The quantitative estimate of drug-likeness (QED) is 0.489. The van der Waals surface area contributed by atoms with Crippen LogP contribution in [0.25, 0.3) is 0 Å². The summed E-state index contributed by atoms with van der Waals surface area (Å²) in [5, 5.41) is 0. The monoisotopic (exact) mass is 167 g/mol. The Hall–Kier alpha value is -1.41. The molecule has 0 spiro atoms. The van der Waals surface area contributed by atoms with Crippen LogP contribution in [0, 0.1) is 17.1 Å². The third-order valence-corrected chi connectivity index (χ3v) is 1.14. The largest absolute Gasteiger partial charge is 0.468 e. The Morgan fingerprint density at radius 1 is 1.64 bits per heavy atom. The summed E-state index contributed by atoms with van der Waals surface area (Å²) in [4.78, 5) is 10.1. The Morgan fingerprint density at radius 2 is 2.36 bits per heavy atom. The van der Waals surface area contributed by atoms with E-state index >= 15 is 0 Å². The highest BCUT2D eigenvalue weighted by Gasteiger charge is 1.95. The van der Waals surface area contributed by atoms with E-state index in [1.165, 1.54) is 7.11 Å². The first-order valence-electron chi connectivity index (χ1n) is 2.75. The molecule has 1 aromatic heterocycles. The smallest absolute Gasteiger partial charge is 0.298 e. The second-order valence-corrected chi connectivity index (χ2v) is 2.00. The van der Waals surface area contributed by atoms with Gasteiger partial charge in [-0.15, -0.1) is 6.42 Å². The summed E-state index contributed by atoms with van der Waals surface area (Å²) in [6.07, 6.45) is 5.07. The molecule has 0 fully saturated rings. The van der Waals surface area contributed by atoms with Gasteiger partial charge in [0, 0.05) is 0 Å². The molecule has 0 aliphatic carbocycles. The number of ether oxygens (including phenoxy) is 1. The Labute approximate surface area is 68.7 Å². The molecule has 0 saturated heterocycles. The van der Waals surface area contributed by atoms with Crippen LogP contribution in [-0.2, 0) is 0 Å². The van der Waals surface area contributed by atoms with Crippen LogP contribution in [0.2, 0.25) is 0 Å². The standard InChI is InChI=1S/C6H5N3OS/c1-3-4-7-5(10-2)9-6(11)8-4/h1H,2H3,(H,7,8,9,11). The summed E-state index contributed by atoms with van der Waals surface area (Å²) in [5.74, 6) is 2.61. The number of aromatic nitrogens is 3. The summed E-state index contributed by atoms with van der Waals surface area (Å²) >= 11 is 4.70. The molecular weight excluding hydrogens is 162 g/mol. The number of methoxy groups -OCH3 is 1. The van der Waals surface area contributed by atoms with Gasteiger partial charge in [0.1, 0.15) is 0 Å². The first-order valence-corrected chi connectivity index (χ1v) is 3.16. The zero-order valence-corrected chi connectivity index (χ0v) is 6.60. The van der Waals surface area contributed by atoms with Crippen LogP contribution < -0.4 is 4.74 Å². The minimum absolute atomic E-state index is 0.175. The van der Waals surface area contributed by atoms with Gasteiger partial charge in [-0.2, -0.15) is 9.97 Å². The molecule has 0 atom stereocenters. The van der Waals surface area contributed by atoms with Gasteiger partial charge < -0.3 is 4.74 Å². The van der Waals surface area contributed by atoms with Gasteiger partial charge in [-0.1, -0.05) is 0 Å². The van der Waals surface area contributed by atoms with Crippen molar-refractivity contribution < 1.29 is 4.74 Å². The Kier molecular flexibility index (Phi) is 2.18. The average molecular weight is 167 g/mol. The highest BCUT2D eigenvalue weighted by molar-refractivity contribution is 7.71. The van der Waals surface area contributed by atoms with Gasteiger partial charge in [-0.05, 0) is 18.1 Å². The molecule has 0 aliphatic heterocycles. The van der Waals surface area contributed by atoms with Crippen molar-refractivity contribution in [1.29, 1.82) is 0 Å². The number of terminal acetylenes is 1. The van der Waals surface area contributed by atoms with E-state index in [4.69, 9.17) is 23.4 Å². The molecule has 4 nitrogen and oxygen atoms in total. The van der Waals surface area contributed by atoms with E-state index in [9.17, 15) is 0 Å². The van der Waals surface area contributed by atoms with Crippen LogP contribution >= 0.6 is 12.2 Å². The topological polar surface area (TPSA) is 50.8 Å². The van der Waals surface area contributed by atoms with Gasteiger partial charge in [-0.25, -0.2) is 0 Å². The number of nitrogens with zero attached hydrogens (tertiary/aromatic N) is 2. The molecule has 5 heteroatoms. The molecule has 0 bridgehead atoms. The van der Waals surface area contributed by atoms with Crippen molar-refractivity contribution >= 4 is 12.2 Å². The minimum atomic E-state index is 0.175. The van der Waals surface area contributed by atoms with Crippen LogP contribution in [-0.4, -0.2) is 22.1 Å². The summed E-state index contributed by atoms with van der Waals surface area (Å²) in [7, 11) is 1.47. The normalized spacial score (nSPS) is 8.73. The summed E-state index contributed by atoms with van der Waals surface area (Å²) < 4.78 is 4.94. The number of nitrogens with one attached hydrogen (secondary N) is 1. The first-order chi connectivity index (χ1) is 5.26. The van der Waals surface area contributed by atoms with E-state index in [-0.39, 0.29) is 10.8 Å². The maximum Gasteiger partial charge on any atom is 0.298 e. The van der Waals surface area contributed by atoms with Gasteiger partial charge >= 0.3 is 0 Å². The van der Waals surface area contributed by atoms with Crippen molar-refractivity contribution in [3.8, 4) is 18.4 Å². The molecule has 0 aromatic carbocycles. The Morgan fingerprint density at radius 3 is 2.91 bits per heavy atom. The van der Waals surface area contributed by atoms with E-state index < -0.39 is 0 Å². The second kappa shape index (κ2) is 3.12. The van der Waals surface area contributed by atoms with E-state index in [1.54, 1.807) is 0 Å². The van der Waals surface area contributed by atoms with Crippen LogP contribution in [0.5, 0.6) is 6.01 Å². The molecular formula is C6H5N3OS. The van der Waals surface area contributed by atoms with Crippen LogP contribution in [0.1, 0.15) is 5.82 Å². The molecule has 11 heavy (non-hydrogen) atoms. The Bertz CT molecular complexity index is 352. The molecule has 1 aromatic rings. The third-order valence-electron chi connectivity index (χ3n) is 0.960. The number of hydrogen-bond donors (Lipinski definition) is 1. The van der Waals surface area contributed by atoms with Gasteiger partial charge in [0.15, 0.2) is 5.82 Å². The zero-order valence-electron chi connectivity index (χ0n) is 5.79. The maximum absolute atomic E-state index is 5.07. The summed E-state index contributed by atoms with van der Waals surface area (Å²) in [5.41, 5.74) is 0. The van der Waals surface area contributed by atoms with E-state index in [1.807, 2.05) is 0 Å². The molecule has 0 radical (unpaired) electrons. The fraction of sp³-hybridized carbons (Fsp3) is 0.167. The lowest BCUT2D eigenvalue weighted by Gasteiger charge is -1.96. The highest BCUT2D eigenvalue weighted by Crippen LogP contribution is 1.98.